The van der Waals surface area contributed by atoms with Gasteiger partial charge >= 0.3 is 0 Å². The molecule has 0 bridgehead atoms. The fraction of sp³-hybridized carbons (Fsp3) is 0.333. The number of anilines is 2. The molecule has 0 spiro atoms. The van der Waals surface area contributed by atoms with Gasteiger partial charge in [-0.05, 0) is 41.7 Å². The van der Waals surface area contributed by atoms with E-state index in [1.807, 2.05) is 12.1 Å². The van der Waals surface area contributed by atoms with Crippen LogP contribution in [0.1, 0.15) is 37.8 Å². The van der Waals surface area contributed by atoms with Crippen molar-refractivity contribution in [2.45, 2.75) is 33.1 Å². The van der Waals surface area contributed by atoms with Gasteiger partial charge < -0.3 is 9.64 Å². The number of ether oxygens (including phenoxy) is 1. The second-order valence-electron chi connectivity index (χ2n) is 5.62. The number of hydrogen-bond donors (Lipinski definition) is 0. The van der Waals surface area contributed by atoms with Crippen molar-refractivity contribution in [2.75, 3.05) is 11.9 Å². The summed E-state index contributed by atoms with van der Waals surface area (Å²) in [5, 5.41) is 0. The molecule has 0 aliphatic carbocycles. The minimum Gasteiger partial charge on any atom is -0.453 e. The summed E-state index contributed by atoms with van der Waals surface area (Å²) in [4.78, 5) is 2.27. The van der Waals surface area contributed by atoms with E-state index in [1.165, 1.54) is 16.8 Å². The Bertz CT molecular complexity index is 646. The Balaban J connectivity index is 2.23. The van der Waals surface area contributed by atoms with Gasteiger partial charge in [-0.1, -0.05) is 39.0 Å². The van der Waals surface area contributed by atoms with Gasteiger partial charge in [0.25, 0.3) is 0 Å². The molecule has 2 heteroatoms. The smallest absolute Gasteiger partial charge is 0.151 e. The predicted octanol–water partition coefficient (Wildman–Crippen LogP) is 5.25. The monoisotopic (exact) mass is 267 g/mol. The molecule has 0 fully saturated rings. The average molecular weight is 267 g/mol. The molecule has 0 saturated heterocycles. The SMILES string of the molecule is CCc1ccc2c(c1C(C)C)N(C)c1ccccc1O2. The second-order valence-corrected chi connectivity index (χ2v) is 5.62. The highest BCUT2D eigenvalue weighted by Gasteiger charge is 2.26. The zero-order valence-electron chi connectivity index (χ0n) is 12.6. The fourth-order valence-corrected chi connectivity index (χ4v) is 3.07. The molecule has 0 N–H and O–H groups in total. The van der Waals surface area contributed by atoms with E-state index in [2.05, 4.69) is 57.0 Å². The molecule has 2 aromatic rings. The molecule has 0 amide bonds. The van der Waals surface area contributed by atoms with Crippen LogP contribution in [0.25, 0.3) is 0 Å². The van der Waals surface area contributed by atoms with Crippen molar-refractivity contribution >= 4 is 11.4 Å². The summed E-state index contributed by atoms with van der Waals surface area (Å²) in [5.41, 5.74) is 5.17. The Hall–Kier alpha value is -1.96. The number of benzene rings is 2. The van der Waals surface area contributed by atoms with E-state index in [1.54, 1.807) is 0 Å². The third-order valence-electron chi connectivity index (χ3n) is 4.01. The minimum absolute atomic E-state index is 0.483. The van der Waals surface area contributed by atoms with Crippen LogP contribution in [0.2, 0.25) is 0 Å². The number of hydrogen-bond acceptors (Lipinski definition) is 2. The summed E-state index contributed by atoms with van der Waals surface area (Å²) in [7, 11) is 2.13. The van der Waals surface area contributed by atoms with Crippen LogP contribution in [0.3, 0.4) is 0 Å². The van der Waals surface area contributed by atoms with Crippen LogP contribution in [0.4, 0.5) is 11.4 Å². The summed E-state index contributed by atoms with van der Waals surface area (Å²) >= 11 is 0. The topological polar surface area (TPSA) is 12.5 Å². The largest absolute Gasteiger partial charge is 0.453 e. The normalized spacial score (nSPS) is 12.9. The molecule has 1 aliphatic heterocycles. The van der Waals surface area contributed by atoms with E-state index < -0.39 is 0 Å². The maximum atomic E-state index is 6.10. The number of fused-ring (bicyclic) bond motifs is 2. The van der Waals surface area contributed by atoms with E-state index in [9.17, 15) is 0 Å². The molecule has 0 atom stereocenters. The van der Waals surface area contributed by atoms with E-state index >= 15 is 0 Å². The number of para-hydroxylation sites is 2. The molecule has 104 valence electrons. The highest BCUT2D eigenvalue weighted by atomic mass is 16.5. The number of nitrogens with zero attached hydrogens (tertiary/aromatic N) is 1. The van der Waals surface area contributed by atoms with Gasteiger partial charge in [0.2, 0.25) is 0 Å². The van der Waals surface area contributed by atoms with Crippen LogP contribution < -0.4 is 9.64 Å². The van der Waals surface area contributed by atoms with Crippen LogP contribution >= 0.6 is 0 Å². The van der Waals surface area contributed by atoms with Gasteiger partial charge in [-0.15, -0.1) is 0 Å². The van der Waals surface area contributed by atoms with Crippen molar-refractivity contribution < 1.29 is 4.74 Å². The minimum atomic E-state index is 0.483. The first-order valence-corrected chi connectivity index (χ1v) is 7.29. The molecule has 3 rings (SSSR count). The van der Waals surface area contributed by atoms with Gasteiger partial charge in [-0.2, -0.15) is 0 Å². The Kier molecular flexibility index (Phi) is 3.17. The van der Waals surface area contributed by atoms with Gasteiger partial charge in [-0.25, -0.2) is 0 Å². The lowest BCUT2D eigenvalue weighted by atomic mass is 9.92. The predicted molar refractivity (Wildman–Crippen MR) is 84.5 cm³/mol. The lowest BCUT2D eigenvalue weighted by Crippen LogP contribution is -2.19. The van der Waals surface area contributed by atoms with Crippen molar-refractivity contribution in [1.29, 1.82) is 0 Å². The van der Waals surface area contributed by atoms with Crippen molar-refractivity contribution in [3.63, 3.8) is 0 Å². The van der Waals surface area contributed by atoms with Crippen LogP contribution in [0.15, 0.2) is 36.4 Å². The zero-order chi connectivity index (χ0) is 14.3. The molecular weight excluding hydrogens is 246 g/mol. The average Bonchev–Trinajstić information content (AvgIpc) is 2.46. The Morgan fingerprint density at radius 1 is 1.05 bits per heavy atom. The van der Waals surface area contributed by atoms with Crippen molar-refractivity contribution in [3.05, 3.63) is 47.5 Å². The molecule has 1 heterocycles. The van der Waals surface area contributed by atoms with Crippen LogP contribution in [-0.2, 0) is 6.42 Å². The van der Waals surface area contributed by atoms with Crippen molar-refractivity contribution in [1.82, 2.24) is 0 Å². The summed E-state index contributed by atoms with van der Waals surface area (Å²) in [6, 6.07) is 12.5. The maximum absolute atomic E-state index is 6.10. The third kappa shape index (κ3) is 1.87. The standard InChI is InChI=1S/C18H21NO/c1-5-13-10-11-16-18(17(13)12(2)3)19(4)14-8-6-7-9-15(14)20-16/h6-12H,5H2,1-4H3. The van der Waals surface area contributed by atoms with Crippen molar-refractivity contribution in [2.24, 2.45) is 0 Å². The number of aryl methyl sites for hydroxylation is 1. The lowest BCUT2D eigenvalue weighted by molar-refractivity contribution is 0.474. The first-order valence-electron chi connectivity index (χ1n) is 7.29. The molecule has 0 unspecified atom stereocenters. The molecule has 0 radical (unpaired) electrons. The molecular formula is C18H21NO. The van der Waals surface area contributed by atoms with E-state index in [0.717, 1.165) is 23.6 Å². The molecule has 2 aromatic carbocycles. The molecule has 20 heavy (non-hydrogen) atoms. The van der Waals surface area contributed by atoms with Crippen LogP contribution in [0, 0.1) is 0 Å². The first-order chi connectivity index (χ1) is 9.63. The van der Waals surface area contributed by atoms with Gasteiger partial charge in [0.05, 0.1) is 11.4 Å². The van der Waals surface area contributed by atoms with E-state index in [4.69, 9.17) is 4.74 Å². The molecule has 0 aromatic heterocycles. The van der Waals surface area contributed by atoms with Crippen molar-refractivity contribution in [3.8, 4) is 11.5 Å². The quantitative estimate of drug-likeness (QED) is 0.737. The van der Waals surface area contributed by atoms with E-state index in [0.29, 0.717) is 5.92 Å². The van der Waals surface area contributed by atoms with Gasteiger partial charge in [0.1, 0.15) is 0 Å². The Morgan fingerprint density at radius 2 is 1.80 bits per heavy atom. The van der Waals surface area contributed by atoms with Gasteiger partial charge in [0.15, 0.2) is 11.5 Å². The summed E-state index contributed by atoms with van der Waals surface area (Å²) in [5.74, 6) is 2.38. The highest BCUT2D eigenvalue weighted by molar-refractivity contribution is 5.80. The van der Waals surface area contributed by atoms with Gasteiger partial charge in [0, 0.05) is 7.05 Å². The molecule has 2 nitrogen and oxygen atoms in total. The van der Waals surface area contributed by atoms with Crippen LogP contribution in [0.5, 0.6) is 11.5 Å². The zero-order valence-corrected chi connectivity index (χ0v) is 12.6. The molecule has 1 aliphatic rings. The third-order valence-corrected chi connectivity index (χ3v) is 4.01. The fourth-order valence-electron chi connectivity index (χ4n) is 3.07. The lowest BCUT2D eigenvalue weighted by Gasteiger charge is -2.33. The highest BCUT2D eigenvalue weighted by Crippen LogP contribution is 2.49. The Morgan fingerprint density at radius 3 is 2.50 bits per heavy atom. The summed E-state index contributed by atoms with van der Waals surface area (Å²) < 4.78 is 6.10. The van der Waals surface area contributed by atoms with E-state index in [-0.39, 0.29) is 0 Å². The first kappa shape index (κ1) is 13.0. The molecule has 0 saturated carbocycles. The van der Waals surface area contributed by atoms with Gasteiger partial charge in [-0.3, -0.25) is 0 Å². The van der Waals surface area contributed by atoms with Crippen LogP contribution in [-0.4, -0.2) is 7.05 Å². The number of rotatable bonds is 2. The summed E-state index contributed by atoms with van der Waals surface area (Å²) in [6.07, 6.45) is 1.05. The maximum Gasteiger partial charge on any atom is 0.151 e. The summed E-state index contributed by atoms with van der Waals surface area (Å²) in [6.45, 7) is 6.72. The second kappa shape index (κ2) is 4.86. The Labute approximate surface area is 121 Å².